The maximum atomic E-state index is 13.0. The van der Waals surface area contributed by atoms with E-state index in [2.05, 4.69) is 19.5 Å². The van der Waals surface area contributed by atoms with E-state index in [1.54, 1.807) is 12.1 Å². The molecule has 1 amide bonds. The highest BCUT2D eigenvalue weighted by molar-refractivity contribution is 7.92. The molecule has 2 aromatic carbocycles. The molecular formula is C15H12F2N2O5S. The minimum atomic E-state index is -3.75. The Labute approximate surface area is 141 Å². The molecule has 0 bridgehead atoms. The average Bonchev–Trinajstić information content (AvgIpc) is 2.79. The molecule has 2 aromatic rings. The van der Waals surface area contributed by atoms with Gasteiger partial charge in [-0.3, -0.25) is 9.52 Å². The molecule has 0 saturated carbocycles. The van der Waals surface area contributed by atoms with E-state index in [9.17, 15) is 22.0 Å². The molecule has 1 heterocycles. The first-order valence-corrected chi connectivity index (χ1v) is 8.80. The van der Waals surface area contributed by atoms with Crippen molar-refractivity contribution in [3.8, 4) is 11.5 Å². The summed E-state index contributed by atoms with van der Waals surface area (Å²) >= 11 is 0. The number of benzene rings is 2. The van der Waals surface area contributed by atoms with Crippen LogP contribution in [0.3, 0.4) is 0 Å². The standard InChI is InChI=1S/C15H12F2N2O5S/c1-25(21,22)19-11-5-3-2-4-10(11)14(20)18-9-6-7-12-13(8-9)24-15(16,17)23-12/h2-8,19H,1H3,(H,18,20). The number of fused-ring (bicyclic) bond motifs is 1. The zero-order valence-electron chi connectivity index (χ0n) is 12.7. The molecule has 10 heteroatoms. The Morgan fingerprint density at radius 3 is 2.48 bits per heavy atom. The zero-order valence-corrected chi connectivity index (χ0v) is 13.6. The first-order valence-electron chi connectivity index (χ1n) is 6.91. The number of halogens is 2. The van der Waals surface area contributed by atoms with Crippen LogP contribution in [0, 0.1) is 0 Å². The van der Waals surface area contributed by atoms with Crippen molar-refractivity contribution in [2.45, 2.75) is 6.29 Å². The normalized spacial score (nSPS) is 14.8. The topological polar surface area (TPSA) is 93.7 Å². The molecule has 1 aliphatic heterocycles. The SMILES string of the molecule is CS(=O)(=O)Nc1ccccc1C(=O)Nc1ccc2c(c1)OC(F)(F)O2. The molecule has 25 heavy (non-hydrogen) atoms. The van der Waals surface area contributed by atoms with Crippen LogP contribution in [-0.2, 0) is 10.0 Å². The number of alkyl halides is 2. The zero-order chi connectivity index (χ0) is 18.2. The van der Waals surface area contributed by atoms with E-state index < -0.39 is 22.2 Å². The van der Waals surface area contributed by atoms with Gasteiger partial charge in [0.25, 0.3) is 5.91 Å². The van der Waals surface area contributed by atoms with Crippen molar-refractivity contribution < 1.29 is 31.5 Å². The molecule has 0 aliphatic carbocycles. The second-order valence-electron chi connectivity index (χ2n) is 5.20. The fourth-order valence-corrected chi connectivity index (χ4v) is 2.77. The van der Waals surface area contributed by atoms with E-state index >= 15 is 0 Å². The Morgan fingerprint density at radius 1 is 1.08 bits per heavy atom. The first-order chi connectivity index (χ1) is 11.6. The van der Waals surface area contributed by atoms with Crippen LogP contribution in [0.4, 0.5) is 20.2 Å². The van der Waals surface area contributed by atoms with Gasteiger partial charge in [0, 0.05) is 11.8 Å². The van der Waals surface area contributed by atoms with Gasteiger partial charge in [-0.05, 0) is 24.3 Å². The number of amides is 1. The number of hydrogen-bond acceptors (Lipinski definition) is 5. The highest BCUT2D eigenvalue weighted by Crippen LogP contribution is 2.42. The third-order valence-electron chi connectivity index (χ3n) is 3.13. The number of para-hydroxylation sites is 1. The van der Waals surface area contributed by atoms with Crippen molar-refractivity contribution in [1.82, 2.24) is 0 Å². The van der Waals surface area contributed by atoms with Crippen molar-refractivity contribution in [3.05, 3.63) is 48.0 Å². The lowest BCUT2D eigenvalue weighted by Gasteiger charge is -2.11. The molecule has 7 nitrogen and oxygen atoms in total. The quantitative estimate of drug-likeness (QED) is 0.863. The summed E-state index contributed by atoms with van der Waals surface area (Å²) in [6.07, 6.45) is -2.79. The van der Waals surface area contributed by atoms with Gasteiger partial charge in [-0.1, -0.05) is 12.1 Å². The molecule has 0 fully saturated rings. The molecule has 132 valence electrons. The second kappa shape index (κ2) is 5.88. The van der Waals surface area contributed by atoms with Crippen molar-refractivity contribution in [1.29, 1.82) is 0 Å². The number of sulfonamides is 1. The van der Waals surface area contributed by atoms with Crippen molar-refractivity contribution in [2.75, 3.05) is 16.3 Å². The van der Waals surface area contributed by atoms with E-state index in [-0.39, 0.29) is 28.4 Å². The minimum absolute atomic E-state index is 0.0657. The third kappa shape index (κ3) is 3.97. The van der Waals surface area contributed by atoms with E-state index in [4.69, 9.17) is 0 Å². The van der Waals surface area contributed by atoms with Gasteiger partial charge in [-0.15, -0.1) is 8.78 Å². The van der Waals surface area contributed by atoms with Crippen molar-refractivity contribution >= 4 is 27.3 Å². The lowest BCUT2D eigenvalue weighted by Crippen LogP contribution is -2.25. The molecule has 0 saturated heterocycles. The fraction of sp³-hybridized carbons (Fsp3) is 0.133. The Balaban J connectivity index is 1.83. The van der Waals surface area contributed by atoms with E-state index in [1.165, 1.54) is 30.3 Å². The molecule has 0 aromatic heterocycles. The molecule has 0 atom stereocenters. The van der Waals surface area contributed by atoms with Gasteiger partial charge >= 0.3 is 6.29 Å². The van der Waals surface area contributed by atoms with Gasteiger partial charge in [0.2, 0.25) is 10.0 Å². The molecular weight excluding hydrogens is 358 g/mol. The van der Waals surface area contributed by atoms with E-state index in [0.29, 0.717) is 0 Å². The highest BCUT2D eigenvalue weighted by Gasteiger charge is 2.43. The Hall–Kier alpha value is -2.88. The van der Waals surface area contributed by atoms with Crippen LogP contribution in [0.5, 0.6) is 11.5 Å². The van der Waals surface area contributed by atoms with E-state index in [1.807, 2.05) is 0 Å². The van der Waals surface area contributed by atoms with Gasteiger partial charge in [-0.25, -0.2) is 8.42 Å². The van der Waals surface area contributed by atoms with Crippen molar-refractivity contribution in [3.63, 3.8) is 0 Å². The van der Waals surface area contributed by atoms with Crippen molar-refractivity contribution in [2.24, 2.45) is 0 Å². The number of anilines is 2. The number of carbonyl (C=O) groups excluding carboxylic acids is 1. The summed E-state index contributed by atoms with van der Waals surface area (Å²) in [6.45, 7) is 0. The van der Waals surface area contributed by atoms with Crippen LogP contribution in [0.1, 0.15) is 10.4 Å². The summed E-state index contributed by atoms with van der Waals surface area (Å²) in [5.41, 5.74) is 0.338. The maximum Gasteiger partial charge on any atom is 0.586 e. The summed E-state index contributed by atoms with van der Waals surface area (Å²) in [6, 6.07) is 9.73. The number of nitrogens with one attached hydrogen (secondary N) is 2. The molecule has 0 spiro atoms. The van der Waals surface area contributed by atoms with E-state index in [0.717, 1.165) is 6.26 Å². The monoisotopic (exact) mass is 370 g/mol. The number of carbonyl (C=O) groups is 1. The van der Waals surface area contributed by atoms with Crippen LogP contribution in [0.2, 0.25) is 0 Å². The lowest BCUT2D eigenvalue weighted by molar-refractivity contribution is -0.286. The molecule has 2 N–H and O–H groups in total. The number of hydrogen-bond donors (Lipinski definition) is 2. The largest absolute Gasteiger partial charge is 0.586 e. The van der Waals surface area contributed by atoms with Crippen LogP contribution < -0.4 is 19.5 Å². The highest BCUT2D eigenvalue weighted by atomic mass is 32.2. The molecule has 3 rings (SSSR count). The van der Waals surface area contributed by atoms with Gasteiger partial charge in [0.1, 0.15) is 0 Å². The summed E-state index contributed by atoms with van der Waals surface area (Å²) in [7, 11) is -3.58. The number of rotatable bonds is 4. The summed E-state index contributed by atoms with van der Waals surface area (Å²) in [4.78, 5) is 12.4. The van der Waals surface area contributed by atoms with Gasteiger partial charge in [-0.2, -0.15) is 0 Å². The molecule has 1 aliphatic rings. The predicted molar refractivity (Wildman–Crippen MR) is 85.5 cm³/mol. The summed E-state index contributed by atoms with van der Waals surface area (Å²) in [5, 5.41) is 2.49. The Kier molecular flexibility index (Phi) is 3.99. The average molecular weight is 370 g/mol. The van der Waals surface area contributed by atoms with Gasteiger partial charge in [0.15, 0.2) is 11.5 Å². The second-order valence-corrected chi connectivity index (χ2v) is 6.95. The lowest BCUT2D eigenvalue weighted by atomic mass is 10.1. The Bertz CT molecular complexity index is 947. The first kappa shape index (κ1) is 17.0. The Morgan fingerprint density at radius 2 is 1.76 bits per heavy atom. The maximum absolute atomic E-state index is 13.0. The summed E-state index contributed by atoms with van der Waals surface area (Å²) in [5.74, 6) is -0.995. The van der Waals surface area contributed by atoms with Gasteiger partial charge < -0.3 is 14.8 Å². The third-order valence-corrected chi connectivity index (χ3v) is 3.72. The summed E-state index contributed by atoms with van der Waals surface area (Å²) < 4.78 is 59.6. The van der Waals surface area contributed by atoms with Gasteiger partial charge in [0.05, 0.1) is 17.5 Å². The fourth-order valence-electron chi connectivity index (χ4n) is 2.20. The molecule has 0 radical (unpaired) electrons. The smallest absolute Gasteiger partial charge is 0.395 e. The van der Waals surface area contributed by atoms with Crippen LogP contribution >= 0.6 is 0 Å². The molecule has 0 unspecified atom stereocenters. The predicted octanol–water partition coefficient (Wildman–Crippen LogP) is 2.63. The van der Waals surface area contributed by atoms with Crippen LogP contribution in [0.25, 0.3) is 0 Å². The minimum Gasteiger partial charge on any atom is -0.395 e. The van der Waals surface area contributed by atoms with Crippen LogP contribution in [-0.4, -0.2) is 26.9 Å². The van der Waals surface area contributed by atoms with Crippen LogP contribution in [0.15, 0.2) is 42.5 Å². The number of ether oxygens (including phenoxy) is 2.